The van der Waals surface area contributed by atoms with Gasteiger partial charge in [0, 0.05) is 6.92 Å². The lowest BCUT2D eigenvalue weighted by atomic mass is 10.6. The van der Waals surface area contributed by atoms with Gasteiger partial charge < -0.3 is 10.4 Å². The molecule has 7 nitrogen and oxygen atoms in total. The van der Waals surface area contributed by atoms with E-state index >= 15 is 0 Å². The first-order chi connectivity index (χ1) is 6.58. The van der Waals surface area contributed by atoms with Crippen LogP contribution in [0.5, 0.6) is 0 Å². The van der Waals surface area contributed by atoms with Crippen molar-refractivity contribution >= 4 is 11.9 Å². The van der Waals surface area contributed by atoms with Crippen LogP contribution in [0.15, 0.2) is 6.33 Å². The zero-order valence-electron chi connectivity index (χ0n) is 7.60. The summed E-state index contributed by atoms with van der Waals surface area (Å²) >= 11 is 0. The number of nitrogens with one attached hydrogen (secondary N) is 1. The largest absolute Gasteiger partial charge is 0.480 e. The number of carboxylic acid groups (broad SMARTS) is 1. The summed E-state index contributed by atoms with van der Waals surface area (Å²) in [6, 6.07) is 0. The van der Waals surface area contributed by atoms with Gasteiger partial charge in [0.2, 0.25) is 5.91 Å². The number of rotatable bonds is 4. The van der Waals surface area contributed by atoms with Gasteiger partial charge in [-0.1, -0.05) is 0 Å². The highest BCUT2D eigenvalue weighted by atomic mass is 16.4. The number of nitrogens with zero attached hydrogens (tertiary/aromatic N) is 3. The standard InChI is InChI=1S/C7H10N4O3/c1-5(12)8-2-6-9-4-11(10-6)3-7(13)14/h4H,2-3H2,1H3,(H,8,12)(H,13,14). The highest BCUT2D eigenvalue weighted by Crippen LogP contribution is 1.89. The molecule has 0 fully saturated rings. The van der Waals surface area contributed by atoms with Crippen LogP contribution in [0, 0.1) is 0 Å². The topological polar surface area (TPSA) is 97.1 Å². The predicted molar refractivity (Wildman–Crippen MR) is 45.2 cm³/mol. The third-order valence-corrected chi connectivity index (χ3v) is 1.38. The number of hydrogen-bond acceptors (Lipinski definition) is 4. The van der Waals surface area contributed by atoms with E-state index in [0.717, 1.165) is 0 Å². The Morgan fingerprint density at radius 2 is 2.36 bits per heavy atom. The van der Waals surface area contributed by atoms with Gasteiger partial charge in [-0.3, -0.25) is 9.59 Å². The molecule has 0 bridgehead atoms. The Hall–Kier alpha value is -1.92. The highest BCUT2D eigenvalue weighted by Gasteiger charge is 2.03. The van der Waals surface area contributed by atoms with Gasteiger partial charge in [0.1, 0.15) is 12.9 Å². The smallest absolute Gasteiger partial charge is 0.325 e. The summed E-state index contributed by atoms with van der Waals surface area (Å²) in [4.78, 5) is 24.6. The van der Waals surface area contributed by atoms with Crippen molar-refractivity contribution in [1.82, 2.24) is 20.1 Å². The van der Waals surface area contributed by atoms with Crippen LogP contribution in [-0.2, 0) is 22.7 Å². The molecule has 0 spiro atoms. The van der Waals surface area contributed by atoms with Gasteiger partial charge in [-0.05, 0) is 0 Å². The van der Waals surface area contributed by atoms with Gasteiger partial charge in [-0.2, -0.15) is 5.10 Å². The van der Waals surface area contributed by atoms with E-state index in [0.29, 0.717) is 5.82 Å². The number of carboxylic acids is 1. The van der Waals surface area contributed by atoms with Crippen LogP contribution in [0.25, 0.3) is 0 Å². The fraction of sp³-hybridized carbons (Fsp3) is 0.429. The van der Waals surface area contributed by atoms with Crippen LogP contribution in [0.1, 0.15) is 12.7 Å². The van der Waals surface area contributed by atoms with E-state index in [1.54, 1.807) is 0 Å². The molecule has 7 heteroatoms. The Labute approximate surface area is 79.8 Å². The van der Waals surface area contributed by atoms with Crippen molar-refractivity contribution in [3.63, 3.8) is 0 Å². The Balaban J connectivity index is 2.50. The van der Waals surface area contributed by atoms with Gasteiger partial charge >= 0.3 is 5.97 Å². The molecule has 76 valence electrons. The molecule has 0 aliphatic heterocycles. The minimum Gasteiger partial charge on any atom is -0.480 e. The molecule has 1 rings (SSSR count). The Kier molecular flexibility index (Phi) is 3.16. The SMILES string of the molecule is CC(=O)NCc1ncn(CC(=O)O)n1. The summed E-state index contributed by atoms with van der Waals surface area (Å²) in [5.41, 5.74) is 0. The minimum absolute atomic E-state index is 0.181. The number of carbonyl (C=O) groups excluding carboxylic acids is 1. The molecule has 0 radical (unpaired) electrons. The van der Waals surface area contributed by atoms with Crippen LogP contribution in [-0.4, -0.2) is 31.7 Å². The average molecular weight is 198 g/mol. The molecule has 14 heavy (non-hydrogen) atoms. The number of amides is 1. The predicted octanol–water partition coefficient (Wildman–Crippen LogP) is -1.00. The lowest BCUT2D eigenvalue weighted by Crippen LogP contribution is -2.20. The molecule has 0 aliphatic carbocycles. The number of hydrogen-bond donors (Lipinski definition) is 2. The number of aromatic nitrogens is 3. The summed E-state index contributed by atoms with van der Waals surface area (Å²) in [5.74, 6) is -0.776. The molecule has 0 atom stereocenters. The molecular formula is C7H10N4O3. The van der Waals surface area contributed by atoms with Crippen LogP contribution in [0.3, 0.4) is 0 Å². The van der Waals surface area contributed by atoms with Crippen molar-refractivity contribution in [2.75, 3.05) is 0 Å². The quantitative estimate of drug-likeness (QED) is 0.646. The summed E-state index contributed by atoms with van der Waals surface area (Å²) < 4.78 is 1.19. The maximum Gasteiger partial charge on any atom is 0.325 e. The lowest BCUT2D eigenvalue weighted by Gasteiger charge is -1.96. The van der Waals surface area contributed by atoms with Gasteiger partial charge in [0.25, 0.3) is 0 Å². The van der Waals surface area contributed by atoms with Crippen LogP contribution in [0.4, 0.5) is 0 Å². The van der Waals surface area contributed by atoms with Crippen LogP contribution >= 0.6 is 0 Å². The molecule has 1 aromatic rings. The summed E-state index contributed by atoms with van der Waals surface area (Å²) in [6.07, 6.45) is 1.31. The second-order valence-electron chi connectivity index (χ2n) is 2.66. The maximum absolute atomic E-state index is 10.5. The molecular weight excluding hydrogens is 188 g/mol. The minimum atomic E-state index is -0.985. The first-order valence-corrected chi connectivity index (χ1v) is 3.92. The Bertz CT molecular complexity index is 346. The van der Waals surface area contributed by atoms with Crippen molar-refractivity contribution in [1.29, 1.82) is 0 Å². The van der Waals surface area contributed by atoms with Gasteiger partial charge in [-0.25, -0.2) is 9.67 Å². The van der Waals surface area contributed by atoms with Crippen molar-refractivity contribution in [2.24, 2.45) is 0 Å². The van der Waals surface area contributed by atoms with Crippen LogP contribution < -0.4 is 5.32 Å². The Morgan fingerprint density at radius 3 is 2.93 bits per heavy atom. The number of carbonyl (C=O) groups is 2. The molecule has 0 saturated heterocycles. The average Bonchev–Trinajstić information content (AvgIpc) is 2.47. The van der Waals surface area contributed by atoms with E-state index in [1.165, 1.54) is 17.9 Å². The van der Waals surface area contributed by atoms with E-state index in [9.17, 15) is 9.59 Å². The number of aliphatic carboxylic acids is 1. The monoisotopic (exact) mass is 198 g/mol. The second-order valence-corrected chi connectivity index (χ2v) is 2.66. The Morgan fingerprint density at radius 1 is 1.64 bits per heavy atom. The molecule has 0 aliphatic rings. The molecule has 1 heterocycles. The van der Waals surface area contributed by atoms with Crippen molar-refractivity contribution < 1.29 is 14.7 Å². The molecule has 0 aromatic carbocycles. The summed E-state index contributed by atoms with van der Waals surface area (Å²) in [5, 5.41) is 14.8. The van der Waals surface area contributed by atoms with Crippen LogP contribution in [0.2, 0.25) is 0 Å². The van der Waals surface area contributed by atoms with E-state index in [4.69, 9.17) is 5.11 Å². The van der Waals surface area contributed by atoms with E-state index in [1.807, 2.05) is 0 Å². The third kappa shape index (κ3) is 3.21. The van der Waals surface area contributed by atoms with Crippen molar-refractivity contribution in [3.05, 3.63) is 12.2 Å². The third-order valence-electron chi connectivity index (χ3n) is 1.38. The zero-order valence-corrected chi connectivity index (χ0v) is 7.60. The maximum atomic E-state index is 10.5. The summed E-state index contributed by atoms with van der Waals surface area (Å²) in [7, 11) is 0. The fourth-order valence-electron chi connectivity index (χ4n) is 0.832. The van der Waals surface area contributed by atoms with E-state index in [2.05, 4.69) is 15.4 Å². The second kappa shape index (κ2) is 4.35. The lowest BCUT2D eigenvalue weighted by molar-refractivity contribution is -0.137. The normalized spacial score (nSPS) is 9.79. The van der Waals surface area contributed by atoms with E-state index < -0.39 is 5.97 Å². The molecule has 0 saturated carbocycles. The molecule has 1 amide bonds. The first-order valence-electron chi connectivity index (χ1n) is 3.92. The first kappa shape index (κ1) is 10.2. The van der Waals surface area contributed by atoms with Crippen molar-refractivity contribution in [3.8, 4) is 0 Å². The summed E-state index contributed by atoms with van der Waals surface area (Å²) in [6.45, 7) is 1.36. The van der Waals surface area contributed by atoms with Gasteiger partial charge in [0.05, 0.1) is 6.54 Å². The molecule has 1 aromatic heterocycles. The van der Waals surface area contributed by atoms with Gasteiger partial charge in [0.15, 0.2) is 5.82 Å². The molecule has 0 unspecified atom stereocenters. The van der Waals surface area contributed by atoms with Crippen molar-refractivity contribution in [2.45, 2.75) is 20.0 Å². The molecule has 2 N–H and O–H groups in total. The zero-order chi connectivity index (χ0) is 10.6. The fourth-order valence-corrected chi connectivity index (χ4v) is 0.832. The highest BCUT2D eigenvalue weighted by molar-refractivity contribution is 5.72. The van der Waals surface area contributed by atoms with Gasteiger partial charge in [-0.15, -0.1) is 0 Å². The van der Waals surface area contributed by atoms with E-state index in [-0.39, 0.29) is 19.0 Å².